The summed E-state index contributed by atoms with van der Waals surface area (Å²) in [5.41, 5.74) is 1.87. The lowest BCUT2D eigenvalue weighted by atomic mass is 9.88. The smallest absolute Gasteiger partial charge is 0.225 e. The molecule has 0 saturated heterocycles. The van der Waals surface area contributed by atoms with Crippen molar-refractivity contribution in [2.75, 3.05) is 5.32 Å². The number of nitriles is 1. The molecule has 102 valence electrons. The minimum atomic E-state index is 0.0122. The summed E-state index contributed by atoms with van der Waals surface area (Å²) >= 11 is 1.59. The first-order valence-electron chi connectivity index (χ1n) is 6.85. The van der Waals surface area contributed by atoms with Crippen molar-refractivity contribution in [2.45, 2.75) is 46.5 Å². The Kier molecular flexibility index (Phi) is 4.26. The molecule has 1 aliphatic carbocycles. The van der Waals surface area contributed by atoms with E-state index in [-0.39, 0.29) is 5.91 Å². The summed E-state index contributed by atoms with van der Waals surface area (Å²) in [7, 11) is 0. The first-order valence-corrected chi connectivity index (χ1v) is 7.67. The second-order valence-electron chi connectivity index (χ2n) is 5.81. The van der Waals surface area contributed by atoms with Crippen LogP contribution < -0.4 is 5.32 Å². The van der Waals surface area contributed by atoms with Gasteiger partial charge in [0.1, 0.15) is 11.1 Å². The molecule has 1 amide bonds. The molecule has 0 spiro atoms. The highest BCUT2D eigenvalue weighted by Crippen LogP contribution is 2.39. The standard InChI is InChI=1S/C15H20N2OS/c1-9(2)6-14(18)17-15-12(8-16)11-5-4-10(3)7-13(11)19-15/h9-10H,4-7H2,1-3H3,(H,17,18). The third kappa shape index (κ3) is 3.16. The van der Waals surface area contributed by atoms with E-state index in [9.17, 15) is 10.1 Å². The Labute approximate surface area is 118 Å². The predicted molar refractivity (Wildman–Crippen MR) is 78.3 cm³/mol. The highest BCUT2D eigenvalue weighted by molar-refractivity contribution is 7.16. The molecule has 0 aromatic carbocycles. The summed E-state index contributed by atoms with van der Waals surface area (Å²) in [6, 6.07) is 2.27. The monoisotopic (exact) mass is 276 g/mol. The number of thiophene rings is 1. The zero-order valence-corrected chi connectivity index (χ0v) is 12.6. The second-order valence-corrected chi connectivity index (χ2v) is 6.92. The van der Waals surface area contributed by atoms with Crippen molar-refractivity contribution in [3.63, 3.8) is 0 Å². The van der Waals surface area contributed by atoms with Gasteiger partial charge in [0, 0.05) is 11.3 Å². The Morgan fingerprint density at radius 3 is 2.95 bits per heavy atom. The molecule has 1 unspecified atom stereocenters. The van der Waals surface area contributed by atoms with Crippen LogP contribution in [0.15, 0.2) is 0 Å². The first-order chi connectivity index (χ1) is 9.01. The van der Waals surface area contributed by atoms with Gasteiger partial charge in [0.2, 0.25) is 5.91 Å². The minimum Gasteiger partial charge on any atom is -0.317 e. The summed E-state index contributed by atoms with van der Waals surface area (Å²) in [5, 5.41) is 13.0. The van der Waals surface area contributed by atoms with Crippen molar-refractivity contribution in [3.05, 3.63) is 16.0 Å². The molecule has 1 aromatic heterocycles. The Balaban J connectivity index is 2.22. The summed E-state index contributed by atoms with van der Waals surface area (Å²) in [6.07, 6.45) is 3.65. The topological polar surface area (TPSA) is 52.9 Å². The fraction of sp³-hybridized carbons (Fsp3) is 0.600. The molecule has 0 bridgehead atoms. The largest absolute Gasteiger partial charge is 0.317 e. The highest BCUT2D eigenvalue weighted by atomic mass is 32.1. The van der Waals surface area contributed by atoms with E-state index in [1.54, 1.807) is 11.3 Å². The average molecular weight is 276 g/mol. The molecule has 0 saturated carbocycles. The van der Waals surface area contributed by atoms with Crippen molar-refractivity contribution < 1.29 is 4.79 Å². The maximum Gasteiger partial charge on any atom is 0.225 e. The van der Waals surface area contributed by atoms with Gasteiger partial charge in [-0.15, -0.1) is 11.3 Å². The number of nitrogens with zero attached hydrogens (tertiary/aromatic N) is 1. The molecule has 3 nitrogen and oxygen atoms in total. The number of hydrogen-bond acceptors (Lipinski definition) is 3. The number of hydrogen-bond donors (Lipinski definition) is 1. The molecule has 2 rings (SSSR count). The number of rotatable bonds is 3. The Morgan fingerprint density at radius 2 is 2.32 bits per heavy atom. The summed E-state index contributed by atoms with van der Waals surface area (Å²) in [5.74, 6) is 1.02. The molecule has 19 heavy (non-hydrogen) atoms. The summed E-state index contributed by atoms with van der Waals surface area (Å²) < 4.78 is 0. The number of amides is 1. The maximum atomic E-state index is 11.9. The molecular formula is C15H20N2OS. The van der Waals surface area contributed by atoms with Crippen LogP contribution in [0.25, 0.3) is 0 Å². The lowest BCUT2D eigenvalue weighted by Gasteiger charge is -2.17. The fourth-order valence-corrected chi connectivity index (χ4v) is 3.88. The summed E-state index contributed by atoms with van der Waals surface area (Å²) in [4.78, 5) is 13.1. The SMILES string of the molecule is CC(C)CC(=O)Nc1sc2c(c1C#N)CCC(C)C2. The third-order valence-corrected chi connectivity index (χ3v) is 4.64. The van der Waals surface area contributed by atoms with Crippen LogP contribution in [0.1, 0.15) is 49.6 Å². The molecule has 4 heteroatoms. The molecule has 0 fully saturated rings. The normalized spacial score (nSPS) is 17.9. The molecule has 1 heterocycles. The number of nitrogens with one attached hydrogen (secondary N) is 1. The maximum absolute atomic E-state index is 11.9. The number of fused-ring (bicyclic) bond motifs is 1. The number of carbonyl (C=O) groups is 1. The lowest BCUT2D eigenvalue weighted by molar-refractivity contribution is -0.116. The van der Waals surface area contributed by atoms with Gasteiger partial charge in [0.25, 0.3) is 0 Å². The highest BCUT2D eigenvalue weighted by Gasteiger charge is 2.24. The van der Waals surface area contributed by atoms with Gasteiger partial charge in [-0.1, -0.05) is 20.8 Å². The summed E-state index contributed by atoms with van der Waals surface area (Å²) in [6.45, 7) is 6.28. The van der Waals surface area contributed by atoms with Gasteiger partial charge >= 0.3 is 0 Å². The van der Waals surface area contributed by atoms with Crippen LogP contribution in [-0.2, 0) is 17.6 Å². The van der Waals surface area contributed by atoms with Crippen LogP contribution in [0.3, 0.4) is 0 Å². The van der Waals surface area contributed by atoms with Crippen molar-refractivity contribution in [3.8, 4) is 6.07 Å². The van der Waals surface area contributed by atoms with Gasteiger partial charge in [0.05, 0.1) is 5.56 Å². The molecule has 1 aromatic rings. The van der Waals surface area contributed by atoms with Crippen LogP contribution >= 0.6 is 11.3 Å². The lowest BCUT2D eigenvalue weighted by Crippen LogP contribution is -2.13. The van der Waals surface area contributed by atoms with E-state index in [2.05, 4.69) is 18.3 Å². The van der Waals surface area contributed by atoms with E-state index in [1.807, 2.05) is 13.8 Å². The van der Waals surface area contributed by atoms with Crippen molar-refractivity contribution in [2.24, 2.45) is 11.8 Å². The van der Waals surface area contributed by atoms with Crippen molar-refractivity contribution in [1.82, 2.24) is 0 Å². The minimum absolute atomic E-state index is 0.0122. The zero-order chi connectivity index (χ0) is 14.0. The molecule has 1 atom stereocenters. The molecular weight excluding hydrogens is 256 g/mol. The van der Waals surface area contributed by atoms with Gasteiger partial charge < -0.3 is 5.32 Å². The van der Waals surface area contributed by atoms with E-state index < -0.39 is 0 Å². The van der Waals surface area contributed by atoms with E-state index in [0.29, 0.717) is 23.8 Å². The Morgan fingerprint density at radius 1 is 1.58 bits per heavy atom. The van der Waals surface area contributed by atoms with Crippen LogP contribution in [0.5, 0.6) is 0 Å². The van der Waals surface area contributed by atoms with Crippen LogP contribution in [0.2, 0.25) is 0 Å². The van der Waals surface area contributed by atoms with Crippen LogP contribution in [0.4, 0.5) is 5.00 Å². The third-order valence-electron chi connectivity index (χ3n) is 3.47. The van der Waals surface area contributed by atoms with Gasteiger partial charge in [-0.3, -0.25) is 4.79 Å². The van der Waals surface area contributed by atoms with Crippen LogP contribution in [0, 0.1) is 23.2 Å². The predicted octanol–water partition coefficient (Wildman–Crippen LogP) is 3.73. The van der Waals surface area contributed by atoms with E-state index in [0.717, 1.165) is 24.3 Å². The van der Waals surface area contributed by atoms with Crippen molar-refractivity contribution >= 4 is 22.2 Å². The quantitative estimate of drug-likeness (QED) is 0.914. The van der Waals surface area contributed by atoms with E-state index in [4.69, 9.17) is 0 Å². The van der Waals surface area contributed by atoms with Gasteiger partial charge in [-0.2, -0.15) is 5.26 Å². The second kappa shape index (κ2) is 5.75. The van der Waals surface area contributed by atoms with Crippen molar-refractivity contribution in [1.29, 1.82) is 5.26 Å². The fourth-order valence-electron chi connectivity index (χ4n) is 2.51. The zero-order valence-electron chi connectivity index (χ0n) is 11.7. The average Bonchev–Trinajstić information content (AvgIpc) is 2.63. The van der Waals surface area contributed by atoms with E-state index >= 15 is 0 Å². The molecule has 0 aliphatic heterocycles. The number of anilines is 1. The molecule has 1 N–H and O–H groups in total. The van der Waals surface area contributed by atoms with Gasteiger partial charge in [0.15, 0.2) is 0 Å². The molecule has 1 aliphatic rings. The van der Waals surface area contributed by atoms with Gasteiger partial charge in [-0.05, 0) is 36.7 Å². The Bertz CT molecular complexity index is 525. The van der Waals surface area contributed by atoms with E-state index in [1.165, 1.54) is 10.4 Å². The number of carbonyl (C=O) groups excluding carboxylic acids is 1. The van der Waals surface area contributed by atoms with Gasteiger partial charge in [-0.25, -0.2) is 0 Å². The Hall–Kier alpha value is -1.34. The first kappa shape index (κ1) is 14.1. The van der Waals surface area contributed by atoms with Crippen LogP contribution in [-0.4, -0.2) is 5.91 Å². The molecule has 0 radical (unpaired) electrons.